The van der Waals surface area contributed by atoms with Crippen LogP contribution in [0.15, 0.2) is 0 Å². The van der Waals surface area contributed by atoms with Crippen molar-refractivity contribution in [2.75, 3.05) is 5.32 Å². The molecule has 4 nitrogen and oxygen atoms in total. The summed E-state index contributed by atoms with van der Waals surface area (Å²) in [6.07, 6.45) is 5.82. The molecular formula is C13H19N3OS. The molecule has 0 bridgehead atoms. The number of hydrogen-bond acceptors (Lipinski definition) is 4. The molecule has 0 aromatic carbocycles. The van der Waals surface area contributed by atoms with E-state index in [1.165, 1.54) is 4.88 Å². The third-order valence-corrected chi connectivity index (χ3v) is 5.25. The van der Waals surface area contributed by atoms with Crippen molar-refractivity contribution in [3.8, 4) is 0 Å². The second-order valence-corrected chi connectivity index (χ2v) is 6.56. The van der Waals surface area contributed by atoms with E-state index >= 15 is 0 Å². The quantitative estimate of drug-likeness (QED) is 0.879. The number of nitrogens with one attached hydrogen (secondary N) is 1. The molecule has 0 saturated heterocycles. The van der Waals surface area contributed by atoms with Crippen LogP contribution in [0, 0.1) is 5.41 Å². The first kappa shape index (κ1) is 12.1. The van der Waals surface area contributed by atoms with Gasteiger partial charge in [0, 0.05) is 16.3 Å². The minimum absolute atomic E-state index is 0.0947. The molecule has 3 rings (SSSR count). The van der Waals surface area contributed by atoms with Crippen molar-refractivity contribution in [2.45, 2.75) is 51.5 Å². The van der Waals surface area contributed by atoms with E-state index in [2.05, 4.69) is 17.2 Å². The molecule has 1 fully saturated rings. The number of fused-ring (bicyclic) bond motifs is 1. The van der Waals surface area contributed by atoms with Gasteiger partial charge in [0.2, 0.25) is 5.91 Å². The van der Waals surface area contributed by atoms with Crippen molar-refractivity contribution in [1.82, 2.24) is 4.98 Å². The summed E-state index contributed by atoms with van der Waals surface area (Å²) >= 11 is 1.60. The molecule has 1 atom stereocenters. The Bertz CT molecular complexity index is 479. The smallest absolute Gasteiger partial charge is 0.232 e. The minimum atomic E-state index is -0.0947. The first-order valence-corrected chi connectivity index (χ1v) is 7.50. The fourth-order valence-electron chi connectivity index (χ4n) is 2.58. The van der Waals surface area contributed by atoms with E-state index in [4.69, 9.17) is 5.73 Å². The van der Waals surface area contributed by atoms with Crippen LogP contribution in [-0.4, -0.2) is 16.9 Å². The Morgan fingerprint density at radius 3 is 3.06 bits per heavy atom. The molecule has 2 aliphatic carbocycles. The van der Waals surface area contributed by atoms with Crippen LogP contribution >= 0.6 is 11.3 Å². The van der Waals surface area contributed by atoms with Gasteiger partial charge in [-0.2, -0.15) is 0 Å². The van der Waals surface area contributed by atoms with Crippen molar-refractivity contribution < 1.29 is 4.79 Å². The third-order valence-electron chi connectivity index (χ3n) is 4.21. The largest absolute Gasteiger partial charge is 0.327 e. The summed E-state index contributed by atoms with van der Waals surface area (Å²) in [4.78, 5) is 17.9. The first-order chi connectivity index (χ1) is 8.63. The number of hydrogen-bond donors (Lipinski definition) is 2. The summed E-state index contributed by atoms with van der Waals surface area (Å²) in [5, 5.41) is 3.76. The lowest BCUT2D eigenvalue weighted by atomic mass is 9.99. The highest BCUT2D eigenvalue weighted by Crippen LogP contribution is 2.49. The average molecular weight is 265 g/mol. The van der Waals surface area contributed by atoms with Crippen molar-refractivity contribution in [3.05, 3.63) is 10.6 Å². The average Bonchev–Trinajstić information content (AvgIpc) is 3.05. The van der Waals surface area contributed by atoms with E-state index < -0.39 is 0 Å². The van der Waals surface area contributed by atoms with Gasteiger partial charge >= 0.3 is 0 Å². The van der Waals surface area contributed by atoms with E-state index in [1.54, 1.807) is 11.3 Å². The molecule has 3 N–H and O–H groups in total. The Labute approximate surface area is 111 Å². The summed E-state index contributed by atoms with van der Waals surface area (Å²) in [5.41, 5.74) is 7.00. The Morgan fingerprint density at radius 1 is 1.61 bits per heavy atom. The molecule has 5 heteroatoms. The van der Waals surface area contributed by atoms with Crippen molar-refractivity contribution in [1.29, 1.82) is 0 Å². The fraction of sp³-hybridized carbons (Fsp3) is 0.692. The van der Waals surface area contributed by atoms with Gasteiger partial charge in [-0.15, -0.1) is 11.3 Å². The number of thiazole rings is 1. The van der Waals surface area contributed by atoms with Crippen LogP contribution < -0.4 is 11.1 Å². The summed E-state index contributed by atoms with van der Waals surface area (Å²) < 4.78 is 0. The number of aryl methyl sites for hydroxylation is 1. The number of nitrogens with two attached hydrogens (primary N) is 1. The zero-order valence-corrected chi connectivity index (χ0v) is 11.5. The molecule has 1 amide bonds. The third kappa shape index (κ3) is 2.06. The second kappa shape index (κ2) is 4.31. The van der Waals surface area contributed by atoms with Crippen molar-refractivity contribution >= 4 is 22.4 Å². The van der Waals surface area contributed by atoms with Crippen LogP contribution in [0.4, 0.5) is 5.13 Å². The molecule has 0 spiro atoms. The predicted octanol–water partition coefficient (Wildman–Crippen LogP) is 2.09. The SMILES string of the molecule is CCC1(C(=O)Nc2nc3c(s2)C[C@@H](N)CC3)CC1. The van der Waals surface area contributed by atoms with Crippen LogP contribution in [0.25, 0.3) is 0 Å². The molecule has 2 aliphatic rings. The Balaban J connectivity index is 1.72. The molecule has 18 heavy (non-hydrogen) atoms. The summed E-state index contributed by atoms with van der Waals surface area (Å²) in [5.74, 6) is 0.153. The number of aromatic nitrogens is 1. The highest BCUT2D eigenvalue weighted by molar-refractivity contribution is 7.15. The molecule has 1 aromatic rings. The van der Waals surface area contributed by atoms with Gasteiger partial charge in [-0.25, -0.2) is 4.98 Å². The monoisotopic (exact) mass is 265 g/mol. The predicted molar refractivity (Wildman–Crippen MR) is 72.7 cm³/mol. The number of carbonyl (C=O) groups excluding carboxylic acids is 1. The van der Waals surface area contributed by atoms with Crippen LogP contribution in [0.3, 0.4) is 0 Å². The van der Waals surface area contributed by atoms with Crippen molar-refractivity contribution in [2.24, 2.45) is 11.1 Å². The van der Waals surface area contributed by atoms with Crippen LogP contribution in [0.1, 0.15) is 43.2 Å². The van der Waals surface area contributed by atoms with Crippen LogP contribution in [0.5, 0.6) is 0 Å². The molecule has 0 radical (unpaired) electrons. The maximum absolute atomic E-state index is 12.1. The van der Waals surface area contributed by atoms with E-state index in [0.717, 1.165) is 49.4 Å². The number of anilines is 1. The van der Waals surface area contributed by atoms with Gasteiger partial charge in [-0.3, -0.25) is 4.79 Å². The number of amides is 1. The number of carbonyl (C=O) groups is 1. The normalized spacial score (nSPS) is 24.4. The van der Waals surface area contributed by atoms with E-state index in [0.29, 0.717) is 0 Å². The van der Waals surface area contributed by atoms with Gasteiger partial charge in [0.25, 0.3) is 0 Å². The molecule has 98 valence electrons. The highest BCUT2D eigenvalue weighted by atomic mass is 32.1. The summed E-state index contributed by atoms with van der Waals surface area (Å²) in [6, 6.07) is 0.256. The second-order valence-electron chi connectivity index (χ2n) is 5.48. The molecule has 0 unspecified atom stereocenters. The minimum Gasteiger partial charge on any atom is -0.327 e. The highest BCUT2D eigenvalue weighted by Gasteiger charge is 2.48. The van der Waals surface area contributed by atoms with Gasteiger partial charge in [-0.1, -0.05) is 6.92 Å². The Hall–Kier alpha value is -0.940. The van der Waals surface area contributed by atoms with E-state index in [9.17, 15) is 4.79 Å². The molecular weight excluding hydrogens is 246 g/mol. The maximum Gasteiger partial charge on any atom is 0.232 e. The lowest BCUT2D eigenvalue weighted by Crippen LogP contribution is -2.27. The van der Waals surface area contributed by atoms with Crippen LogP contribution in [-0.2, 0) is 17.6 Å². The number of nitrogens with zero attached hydrogens (tertiary/aromatic N) is 1. The van der Waals surface area contributed by atoms with E-state index in [-0.39, 0.29) is 17.4 Å². The van der Waals surface area contributed by atoms with Gasteiger partial charge < -0.3 is 11.1 Å². The molecule has 1 heterocycles. The summed E-state index contributed by atoms with van der Waals surface area (Å²) in [7, 11) is 0. The van der Waals surface area contributed by atoms with Gasteiger partial charge in [0.15, 0.2) is 5.13 Å². The van der Waals surface area contributed by atoms with E-state index in [1.807, 2.05) is 0 Å². The molecule has 0 aliphatic heterocycles. The lowest BCUT2D eigenvalue weighted by molar-refractivity contribution is -0.121. The zero-order valence-electron chi connectivity index (χ0n) is 10.7. The topological polar surface area (TPSA) is 68.0 Å². The molecule has 1 aromatic heterocycles. The standard InChI is InChI=1S/C13H19N3OS/c1-2-13(5-6-13)11(17)16-12-15-9-4-3-8(14)7-10(9)18-12/h8H,2-7,14H2,1H3,(H,15,16,17)/t8-/m0/s1. The summed E-state index contributed by atoms with van der Waals surface area (Å²) in [6.45, 7) is 2.08. The number of rotatable bonds is 3. The Kier molecular flexibility index (Phi) is 2.90. The zero-order chi connectivity index (χ0) is 12.8. The fourth-order valence-corrected chi connectivity index (χ4v) is 3.67. The van der Waals surface area contributed by atoms with Gasteiger partial charge in [-0.05, 0) is 38.5 Å². The maximum atomic E-state index is 12.1. The lowest BCUT2D eigenvalue weighted by Gasteiger charge is -2.15. The van der Waals surface area contributed by atoms with Gasteiger partial charge in [0.1, 0.15) is 0 Å². The van der Waals surface area contributed by atoms with Crippen LogP contribution in [0.2, 0.25) is 0 Å². The Morgan fingerprint density at radius 2 is 2.39 bits per heavy atom. The van der Waals surface area contributed by atoms with Gasteiger partial charge in [0.05, 0.1) is 5.69 Å². The van der Waals surface area contributed by atoms with Crippen molar-refractivity contribution in [3.63, 3.8) is 0 Å². The molecule has 1 saturated carbocycles. The first-order valence-electron chi connectivity index (χ1n) is 6.68.